The van der Waals surface area contributed by atoms with Crippen LogP contribution in [0.2, 0.25) is 0 Å². The molecule has 1 aromatic carbocycles. The van der Waals surface area contributed by atoms with E-state index in [1.165, 1.54) is 6.07 Å². The van der Waals surface area contributed by atoms with Crippen LogP contribution in [0.5, 0.6) is 0 Å². The van der Waals surface area contributed by atoms with E-state index in [1.807, 2.05) is 0 Å². The van der Waals surface area contributed by atoms with Gasteiger partial charge >= 0.3 is 6.18 Å². The maximum atomic E-state index is 12.7. The molecule has 0 spiro atoms. The Kier molecular flexibility index (Phi) is 4.34. The highest BCUT2D eigenvalue weighted by atomic mass is 19.4. The number of hydrogen-bond acceptors (Lipinski definition) is 2. The van der Waals surface area contributed by atoms with Crippen molar-refractivity contribution in [2.45, 2.75) is 31.9 Å². The second kappa shape index (κ2) is 5.82. The first-order valence-corrected chi connectivity index (χ1v) is 6.64. The number of para-hydroxylation sites is 1. The molecule has 1 fully saturated rings. The quantitative estimate of drug-likeness (QED) is 0.829. The summed E-state index contributed by atoms with van der Waals surface area (Å²) in [6.45, 7) is 2.00. The van der Waals surface area contributed by atoms with Crippen molar-refractivity contribution in [3.05, 3.63) is 29.3 Å². The molecule has 0 bridgehead atoms. The van der Waals surface area contributed by atoms with E-state index in [2.05, 4.69) is 5.32 Å². The van der Waals surface area contributed by atoms with Gasteiger partial charge in [-0.2, -0.15) is 13.2 Å². The average molecular weight is 272 g/mol. The number of piperidine rings is 1. The van der Waals surface area contributed by atoms with E-state index < -0.39 is 11.7 Å². The van der Waals surface area contributed by atoms with E-state index in [9.17, 15) is 13.2 Å². The number of alkyl halides is 3. The predicted octanol–water partition coefficient (Wildman–Crippen LogP) is 3.22. The van der Waals surface area contributed by atoms with Gasteiger partial charge in [0.2, 0.25) is 0 Å². The summed E-state index contributed by atoms with van der Waals surface area (Å²) in [5.74, 6) is 0.544. The highest BCUT2D eigenvalue weighted by Crippen LogP contribution is 2.35. The first kappa shape index (κ1) is 14.2. The minimum atomic E-state index is -4.37. The van der Waals surface area contributed by atoms with Crippen LogP contribution in [0.15, 0.2) is 18.2 Å². The van der Waals surface area contributed by atoms with Crippen LogP contribution in [0.4, 0.5) is 18.9 Å². The Bertz CT molecular complexity index is 423. The Labute approximate surface area is 111 Å². The fourth-order valence-corrected chi connectivity index (χ4v) is 2.61. The highest BCUT2D eigenvalue weighted by Gasteiger charge is 2.33. The van der Waals surface area contributed by atoms with Crippen LogP contribution >= 0.6 is 0 Å². The molecule has 1 aliphatic heterocycles. The number of rotatable bonds is 3. The number of nitrogen functional groups attached to an aromatic ring is 1. The lowest BCUT2D eigenvalue weighted by Crippen LogP contribution is -2.30. The third-order valence-electron chi connectivity index (χ3n) is 3.72. The van der Waals surface area contributed by atoms with E-state index in [0.29, 0.717) is 17.9 Å². The molecule has 5 heteroatoms. The van der Waals surface area contributed by atoms with E-state index in [0.717, 1.165) is 38.4 Å². The van der Waals surface area contributed by atoms with Gasteiger partial charge in [0.05, 0.1) is 5.56 Å². The molecule has 1 unspecified atom stereocenters. The minimum Gasteiger partial charge on any atom is -0.398 e. The van der Waals surface area contributed by atoms with Crippen molar-refractivity contribution >= 4 is 5.69 Å². The van der Waals surface area contributed by atoms with Gasteiger partial charge in [-0.1, -0.05) is 12.1 Å². The zero-order chi connectivity index (χ0) is 13.9. The second-order valence-corrected chi connectivity index (χ2v) is 5.13. The molecule has 0 amide bonds. The lowest BCUT2D eigenvalue weighted by atomic mass is 9.91. The van der Waals surface area contributed by atoms with E-state index in [4.69, 9.17) is 5.73 Å². The van der Waals surface area contributed by atoms with Gasteiger partial charge in [-0.3, -0.25) is 0 Å². The van der Waals surface area contributed by atoms with Gasteiger partial charge in [-0.15, -0.1) is 0 Å². The van der Waals surface area contributed by atoms with E-state index in [1.54, 1.807) is 6.07 Å². The van der Waals surface area contributed by atoms with Gasteiger partial charge < -0.3 is 11.1 Å². The molecule has 2 nitrogen and oxygen atoms in total. The molecule has 1 saturated heterocycles. The number of hydrogen-bond donors (Lipinski definition) is 2. The molecular formula is C14H19F3N2. The smallest absolute Gasteiger partial charge is 0.398 e. The molecule has 1 atom stereocenters. The Hall–Kier alpha value is -1.23. The number of aryl methyl sites for hydroxylation is 1. The van der Waals surface area contributed by atoms with Crippen molar-refractivity contribution < 1.29 is 13.2 Å². The van der Waals surface area contributed by atoms with Gasteiger partial charge in [0.25, 0.3) is 0 Å². The molecule has 1 heterocycles. The first-order valence-electron chi connectivity index (χ1n) is 6.64. The lowest BCUT2D eigenvalue weighted by molar-refractivity contribution is -0.136. The molecule has 0 radical (unpaired) electrons. The maximum absolute atomic E-state index is 12.7. The van der Waals surface area contributed by atoms with Crippen LogP contribution in [0.1, 0.15) is 30.4 Å². The largest absolute Gasteiger partial charge is 0.418 e. The zero-order valence-electron chi connectivity index (χ0n) is 10.8. The van der Waals surface area contributed by atoms with Gasteiger partial charge in [0.1, 0.15) is 0 Å². The summed E-state index contributed by atoms with van der Waals surface area (Å²) in [6, 6.07) is 4.18. The van der Waals surface area contributed by atoms with Crippen LogP contribution in [0.25, 0.3) is 0 Å². The van der Waals surface area contributed by atoms with Gasteiger partial charge in [0, 0.05) is 5.69 Å². The number of nitrogens with one attached hydrogen (secondary N) is 1. The topological polar surface area (TPSA) is 38.0 Å². The Morgan fingerprint density at radius 1 is 1.32 bits per heavy atom. The fourth-order valence-electron chi connectivity index (χ4n) is 2.61. The molecule has 19 heavy (non-hydrogen) atoms. The third kappa shape index (κ3) is 3.62. The Balaban J connectivity index is 2.04. The van der Waals surface area contributed by atoms with Gasteiger partial charge in [0.15, 0.2) is 0 Å². The predicted molar refractivity (Wildman–Crippen MR) is 69.8 cm³/mol. The van der Waals surface area contributed by atoms with Crippen molar-refractivity contribution in [2.75, 3.05) is 18.8 Å². The van der Waals surface area contributed by atoms with Crippen molar-refractivity contribution in [2.24, 2.45) is 5.92 Å². The number of nitrogens with two attached hydrogens (primary N) is 1. The first-order chi connectivity index (χ1) is 8.98. The standard InChI is InChI=1S/C14H19F3N2/c15-14(16,17)12-5-1-4-11(13(12)18)7-6-10-3-2-8-19-9-10/h1,4-5,10,19H,2-3,6-9,18H2. The number of anilines is 1. The minimum absolute atomic E-state index is 0.112. The van der Waals surface area contributed by atoms with E-state index >= 15 is 0 Å². The van der Waals surface area contributed by atoms with Crippen molar-refractivity contribution in [1.82, 2.24) is 5.32 Å². The zero-order valence-corrected chi connectivity index (χ0v) is 10.8. The Morgan fingerprint density at radius 2 is 2.11 bits per heavy atom. The summed E-state index contributed by atoms with van der Waals surface area (Å²) in [6.07, 6.45) is -0.582. The molecule has 1 aromatic rings. The molecule has 2 rings (SSSR count). The maximum Gasteiger partial charge on any atom is 0.418 e. The van der Waals surface area contributed by atoms with Crippen LogP contribution in [0, 0.1) is 5.92 Å². The molecular weight excluding hydrogens is 253 g/mol. The number of benzene rings is 1. The average Bonchev–Trinajstić information content (AvgIpc) is 2.37. The normalized spacial score (nSPS) is 20.5. The number of halogens is 3. The molecule has 1 aliphatic rings. The van der Waals surface area contributed by atoms with Crippen LogP contribution < -0.4 is 11.1 Å². The fraction of sp³-hybridized carbons (Fsp3) is 0.571. The SMILES string of the molecule is Nc1c(CCC2CCCNC2)cccc1C(F)(F)F. The molecule has 0 saturated carbocycles. The van der Waals surface area contributed by atoms with Crippen LogP contribution in [-0.2, 0) is 12.6 Å². The van der Waals surface area contributed by atoms with E-state index in [-0.39, 0.29) is 5.69 Å². The molecule has 3 N–H and O–H groups in total. The van der Waals surface area contributed by atoms with Crippen molar-refractivity contribution in [3.8, 4) is 0 Å². The van der Waals surface area contributed by atoms with Gasteiger partial charge in [-0.25, -0.2) is 0 Å². The summed E-state index contributed by atoms with van der Waals surface area (Å²) in [4.78, 5) is 0. The Morgan fingerprint density at radius 3 is 2.74 bits per heavy atom. The summed E-state index contributed by atoms with van der Waals surface area (Å²) in [5, 5.41) is 3.31. The van der Waals surface area contributed by atoms with Crippen molar-refractivity contribution in [1.29, 1.82) is 0 Å². The third-order valence-corrected chi connectivity index (χ3v) is 3.72. The summed E-state index contributed by atoms with van der Waals surface area (Å²) in [7, 11) is 0. The van der Waals surface area contributed by atoms with Gasteiger partial charge in [-0.05, 0) is 56.3 Å². The summed E-state index contributed by atoms with van der Waals surface area (Å²) >= 11 is 0. The summed E-state index contributed by atoms with van der Waals surface area (Å²) < 4.78 is 38.2. The van der Waals surface area contributed by atoms with Crippen molar-refractivity contribution in [3.63, 3.8) is 0 Å². The monoisotopic (exact) mass is 272 g/mol. The second-order valence-electron chi connectivity index (χ2n) is 5.13. The van der Waals surface area contributed by atoms with Crippen LogP contribution in [0.3, 0.4) is 0 Å². The molecule has 0 aliphatic carbocycles. The van der Waals surface area contributed by atoms with Crippen LogP contribution in [-0.4, -0.2) is 13.1 Å². The molecule has 0 aromatic heterocycles. The highest BCUT2D eigenvalue weighted by molar-refractivity contribution is 5.55. The molecule has 106 valence electrons. The summed E-state index contributed by atoms with van der Waals surface area (Å²) in [5.41, 5.74) is 5.43. The lowest BCUT2D eigenvalue weighted by Gasteiger charge is -2.23.